The summed E-state index contributed by atoms with van der Waals surface area (Å²) in [5.74, 6) is 0.684. The summed E-state index contributed by atoms with van der Waals surface area (Å²) in [5.41, 5.74) is 2.77. The number of phenolic OH excluding ortho intramolecular Hbond substituents is 1. The Bertz CT molecular complexity index is 874. The number of aromatic hydroxyl groups is 1. The lowest BCUT2D eigenvalue weighted by Gasteiger charge is -2.20. The largest absolute Gasteiger partial charge is 0.504 e. The quantitative estimate of drug-likeness (QED) is 0.754. The zero-order chi connectivity index (χ0) is 17.4. The van der Waals surface area contributed by atoms with Crippen LogP contribution in [0.2, 0.25) is 0 Å². The molecule has 130 valence electrons. The van der Waals surface area contributed by atoms with Crippen LogP contribution in [0.25, 0.3) is 20.8 Å². The molecular weight excluding hydrogens is 336 g/mol. The molecule has 1 aromatic heterocycles. The van der Waals surface area contributed by atoms with Crippen molar-refractivity contribution in [3.05, 3.63) is 42.0 Å². The fourth-order valence-electron chi connectivity index (χ4n) is 3.20. The molecule has 2 aromatic carbocycles. The van der Waals surface area contributed by atoms with Gasteiger partial charge in [-0.3, -0.25) is 4.90 Å². The van der Waals surface area contributed by atoms with Gasteiger partial charge in [0.1, 0.15) is 11.6 Å². The van der Waals surface area contributed by atoms with Crippen LogP contribution in [-0.4, -0.2) is 45.9 Å². The number of ether oxygens (including phenoxy) is 1. The number of phenols is 1. The standard InChI is InChI=1S/C19H20N2O3S/c1-12(22)10-21-6-7-24-18-14(11-21)8-13(9-16(18)23)19-20-15-4-2-3-5-17(15)25-19/h2-5,8-9,12,22-23H,6-7,10-11H2,1H3. The number of aromatic nitrogens is 1. The van der Waals surface area contributed by atoms with Gasteiger partial charge in [0.05, 0.1) is 16.3 Å². The summed E-state index contributed by atoms with van der Waals surface area (Å²) in [6, 6.07) is 11.8. The second kappa shape index (κ2) is 6.63. The molecule has 5 nitrogen and oxygen atoms in total. The Balaban J connectivity index is 1.73. The number of nitrogens with zero attached hydrogens (tertiary/aromatic N) is 2. The lowest BCUT2D eigenvalue weighted by molar-refractivity contribution is 0.117. The third-order valence-electron chi connectivity index (χ3n) is 4.26. The van der Waals surface area contributed by atoms with Crippen molar-refractivity contribution in [3.8, 4) is 22.1 Å². The predicted molar refractivity (Wildman–Crippen MR) is 99.2 cm³/mol. The average molecular weight is 356 g/mol. The van der Waals surface area contributed by atoms with Gasteiger partial charge in [0.25, 0.3) is 0 Å². The van der Waals surface area contributed by atoms with Gasteiger partial charge in [-0.15, -0.1) is 11.3 Å². The van der Waals surface area contributed by atoms with Gasteiger partial charge in [0.2, 0.25) is 0 Å². The minimum atomic E-state index is -0.400. The van der Waals surface area contributed by atoms with Gasteiger partial charge in [-0.2, -0.15) is 0 Å². The minimum absolute atomic E-state index is 0.144. The van der Waals surface area contributed by atoms with E-state index < -0.39 is 6.10 Å². The molecule has 0 bridgehead atoms. The van der Waals surface area contributed by atoms with Crippen molar-refractivity contribution in [1.82, 2.24) is 9.88 Å². The maximum Gasteiger partial charge on any atom is 0.165 e. The normalized spacial score (nSPS) is 16.2. The van der Waals surface area contributed by atoms with E-state index in [1.807, 2.05) is 30.3 Å². The topological polar surface area (TPSA) is 65.8 Å². The highest BCUT2D eigenvalue weighted by atomic mass is 32.1. The molecule has 1 aliphatic rings. The Morgan fingerprint density at radius 1 is 1.32 bits per heavy atom. The van der Waals surface area contributed by atoms with E-state index in [-0.39, 0.29) is 5.75 Å². The van der Waals surface area contributed by atoms with Crippen molar-refractivity contribution in [2.24, 2.45) is 0 Å². The first-order valence-electron chi connectivity index (χ1n) is 8.35. The third kappa shape index (κ3) is 3.33. The summed E-state index contributed by atoms with van der Waals surface area (Å²) in [4.78, 5) is 6.81. The fraction of sp³-hybridized carbons (Fsp3) is 0.316. The molecule has 1 atom stereocenters. The van der Waals surface area contributed by atoms with Crippen LogP contribution in [0.1, 0.15) is 12.5 Å². The molecule has 1 unspecified atom stereocenters. The predicted octanol–water partition coefficient (Wildman–Crippen LogP) is 3.24. The second-order valence-corrected chi connectivity index (χ2v) is 7.43. The van der Waals surface area contributed by atoms with Crippen molar-refractivity contribution < 1.29 is 14.9 Å². The van der Waals surface area contributed by atoms with Crippen molar-refractivity contribution >= 4 is 21.6 Å². The highest BCUT2D eigenvalue weighted by molar-refractivity contribution is 7.21. The van der Waals surface area contributed by atoms with E-state index in [1.165, 1.54) is 0 Å². The van der Waals surface area contributed by atoms with Crippen LogP contribution in [0, 0.1) is 0 Å². The highest BCUT2D eigenvalue weighted by Crippen LogP contribution is 2.39. The Morgan fingerprint density at radius 3 is 2.96 bits per heavy atom. The van der Waals surface area contributed by atoms with Gasteiger partial charge in [0.15, 0.2) is 11.5 Å². The number of rotatable bonds is 3. The Labute approximate surface area is 150 Å². The number of aliphatic hydroxyl groups excluding tert-OH is 1. The van der Waals surface area contributed by atoms with E-state index in [9.17, 15) is 10.2 Å². The van der Waals surface area contributed by atoms with Gasteiger partial charge in [-0.25, -0.2) is 4.98 Å². The molecule has 25 heavy (non-hydrogen) atoms. The molecule has 0 fully saturated rings. The number of para-hydroxylation sites is 1. The number of thiazole rings is 1. The SMILES string of the molecule is CC(O)CN1CCOc2c(O)cc(-c3nc4ccccc4s3)cc2C1. The van der Waals surface area contributed by atoms with Crippen LogP contribution in [0.15, 0.2) is 36.4 Å². The molecule has 6 heteroatoms. The van der Waals surface area contributed by atoms with Crippen molar-refractivity contribution in [2.75, 3.05) is 19.7 Å². The molecule has 0 amide bonds. The van der Waals surface area contributed by atoms with E-state index in [0.29, 0.717) is 25.4 Å². The van der Waals surface area contributed by atoms with Crippen molar-refractivity contribution in [3.63, 3.8) is 0 Å². The molecule has 0 spiro atoms. The molecule has 0 aliphatic carbocycles. The van der Waals surface area contributed by atoms with Crippen LogP contribution >= 0.6 is 11.3 Å². The molecular formula is C19H20N2O3S. The van der Waals surface area contributed by atoms with Crippen LogP contribution in [0.5, 0.6) is 11.5 Å². The van der Waals surface area contributed by atoms with Crippen LogP contribution in [0.4, 0.5) is 0 Å². The average Bonchev–Trinajstić information content (AvgIpc) is 2.90. The minimum Gasteiger partial charge on any atom is -0.504 e. The summed E-state index contributed by atoms with van der Waals surface area (Å²) >= 11 is 1.61. The summed E-state index contributed by atoms with van der Waals surface area (Å²) in [6.45, 7) is 4.20. The van der Waals surface area contributed by atoms with Crippen LogP contribution in [-0.2, 0) is 6.54 Å². The summed E-state index contributed by atoms with van der Waals surface area (Å²) < 4.78 is 6.87. The number of fused-ring (bicyclic) bond motifs is 2. The molecule has 2 N–H and O–H groups in total. The highest BCUT2D eigenvalue weighted by Gasteiger charge is 2.21. The van der Waals surface area contributed by atoms with Gasteiger partial charge < -0.3 is 14.9 Å². The molecule has 0 radical (unpaired) electrons. The lowest BCUT2D eigenvalue weighted by atomic mass is 10.1. The zero-order valence-electron chi connectivity index (χ0n) is 14.0. The molecule has 0 saturated heterocycles. The van der Waals surface area contributed by atoms with Crippen LogP contribution in [0.3, 0.4) is 0 Å². The Kier molecular flexibility index (Phi) is 4.33. The number of hydrogen-bond acceptors (Lipinski definition) is 6. The number of aliphatic hydroxyl groups is 1. The fourth-order valence-corrected chi connectivity index (χ4v) is 4.15. The summed E-state index contributed by atoms with van der Waals surface area (Å²) in [5, 5.41) is 21.0. The first-order valence-corrected chi connectivity index (χ1v) is 9.17. The van der Waals surface area contributed by atoms with E-state index in [2.05, 4.69) is 9.88 Å². The monoisotopic (exact) mass is 356 g/mol. The maximum atomic E-state index is 10.5. The molecule has 4 rings (SSSR count). The summed E-state index contributed by atoms with van der Waals surface area (Å²) in [7, 11) is 0. The third-order valence-corrected chi connectivity index (χ3v) is 5.34. The molecule has 0 saturated carbocycles. The van der Waals surface area contributed by atoms with E-state index in [4.69, 9.17) is 4.74 Å². The Morgan fingerprint density at radius 2 is 2.16 bits per heavy atom. The Hall–Kier alpha value is -2.15. The smallest absolute Gasteiger partial charge is 0.165 e. The molecule has 3 aromatic rings. The number of hydrogen-bond donors (Lipinski definition) is 2. The van der Waals surface area contributed by atoms with Gasteiger partial charge >= 0.3 is 0 Å². The van der Waals surface area contributed by atoms with Gasteiger partial charge in [0, 0.05) is 30.8 Å². The van der Waals surface area contributed by atoms with E-state index in [1.54, 1.807) is 24.3 Å². The van der Waals surface area contributed by atoms with Crippen molar-refractivity contribution in [1.29, 1.82) is 0 Å². The molecule has 2 heterocycles. The van der Waals surface area contributed by atoms with E-state index >= 15 is 0 Å². The van der Waals surface area contributed by atoms with E-state index in [0.717, 1.165) is 32.9 Å². The zero-order valence-corrected chi connectivity index (χ0v) is 14.8. The first-order chi connectivity index (χ1) is 12.1. The van der Waals surface area contributed by atoms with Gasteiger partial charge in [-0.05, 0) is 31.2 Å². The second-order valence-electron chi connectivity index (χ2n) is 6.40. The lowest BCUT2D eigenvalue weighted by Crippen LogP contribution is -2.32. The summed E-state index contributed by atoms with van der Waals surface area (Å²) in [6.07, 6.45) is -0.400. The van der Waals surface area contributed by atoms with Crippen LogP contribution < -0.4 is 4.74 Å². The van der Waals surface area contributed by atoms with Crippen molar-refractivity contribution in [2.45, 2.75) is 19.6 Å². The van der Waals surface area contributed by atoms with Gasteiger partial charge in [-0.1, -0.05) is 12.1 Å². The number of benzene rings is 2. The molecule has 1 aliphatic heterocycles. The first kappa shape index (κ1) is 16.3. The number of β-amino-alcohol motifs (C(OH)–C–C–N with tert-alkyl or cyclic N) is 1. The maximum absolute atomic E-state index is 10.5.